The zero-order valence-corrected chi connectivity index (χ0v) is 15.5. The highest BCUT2D eigenvalue weighted by molar-refractivity contribution is 5.76. The number of benzene rings is 1. The second-order valence-corrected chi connectivity index (χ2v) is 5.81. The zero-order chi connectivity index (χ0) is 20.8. The number of hydrogen-bond acceptors (Lipinski definition) is 7. The van der Waals surface area contributed by atoms with Gasteiger partial charge < -0.3 is 14.8 Å². The minimum absolute atomic E-state index is 0.412. The van der Waals surface area contributed by atoms with Gasteiger partial charge in [0.25, 0.3) is 11.2 Å². The number of carbonyl (C=O) groups is 1. The first-order chi connectivity index (χ1) is 13.3. The number of nitrogens with one attached hydrogen (secondary N) is 1. The number of carbonyl (C=O) groups excluding carboxylic acids is 1. The lowest BCUT2D eigenvalue weighted by Crippen LogP contribution is -2.34. The fourth-order valence-corrected chi connectivity index (χ4v) is 2.61. The quantitative estimate of drug-likeness (QED) is 0.562. The van der Waals surface area contributed by atoms with Gasteiger partial charge in [-0.15, -0.1) is 0 Å². The molecule has 0 saturated carbocycles. The molecule has 10 heteroatoms. The molecule has 1 amide bonds. The monoisotopic (exact) mass is 386 g/mol. The lowest BCUT2D eigenvalue weighted by atomic mass is 10.1. The Balaban J connectivity index is 2.25. The molecule has 2 aromatic rings. The average molecular weight is 386 g/mol. The smallest absolute Gasteiger partial charge is 0.287 e. The molecule has 0 fully saturated rings. The highest BCUT2D eigenvalue weighted by Gasteiger charge is 2.18. The molecule has 1 heterocycles. The molecule has 1 aromatic heterocycles. The van der Waals surface area contributed by atoms with Crippen molar-refractivity contribution in [3.8, 4) is 17.6 Å². The summed E-state index contributed by atoms with van der Waals surface area (Å²) in [7, 11) is 3.00. The molecule has 146 valence electrons. The zero-order valence-electron chi connectivity index (χ0n) is 15.5. The third-order valence-corrected chi connectivity index (χ3v) is 4.00. The molecule has 0 unspecified atom stereocenters. The van der Waals surface area contributed by atoms with E-state index in [-0.39, 0.29) is 0 Å². The molecule has 28 heavy (non-hydrogen) atoms. The summed E-state index contributed by atoms with van der Waals surface area (Å²) in [6.45, 7) is 1.23. The molecule has 0 spiro atoms. The summed E-state index contributed by atoms with van der Waals surface area (Å²) in [6.07, 6.45) is 0.930. The van der Waals surface area contributed by atoms with Crippen molar-refractivity contribution in [3.63, 3.8) is 0 Å². The van der Waals surface area contributed by atoms with Crippen molar-refractivity contribution in [1.82, 2.24) is 9.88 Å². The van der Waals surface area contributed by atoms with Crippen molar-refractivity contribution in [2.75, 3.05) is 14.2 Å². The predicted molar refractivity (Wildman–Crippen MR) is 98.2 cm³/mol. The van der Waals surface area contributed by atoms with Crippen LogP contribution in [0.15, 0.2) is 35.3 Å². The first-order valence-corrected chi connectivity index (χ1v) is 8.11. The van der Waals surface area contributed by atoms with E-state index in [1.54, 1.807) is 31.2 Å². The van der Waals surface area contributed by atoms with Crippen molar-refractivity contribution in [1.29, 1.82) is 5.26 Å². The summed E-state index contributed by atoms with van der Waals surface area (Å²) in [6, 6.07) is 7.09. The van der Waals surface area contributed by atoms with Crippen LogP contribution < -0.4 is 20.3 Å². The first-order valence-electron chi connectivity index (χ1n) is 8.11. The normalized spacial score (nSPS) is 11.2. The summed E-state index contributed by atoms with van der Waals surface area (Å²) >= 11 is 0. The van der Waals surface area contributed by atoms with Crippen LogP contribution in [0.4, 0.5) is 5.69 Å². The molecule has 10 nitrogen and oxygen atoms in total. The fraction of sp³-hybridized carbons (Fsp3) is 0.278. The maximum atomic E-state index is 12.4. The molecule has 0 aliphatic heterocycles. The van der Waals surface area contributed by atoms with E-state index in [0.717, 1.165) is 16.8 Å². The highest BCUT2D eigenvalue weighted by Crippen LogP contribution is 2.29. The van der Waals surface area contributed by atoms with E-state index in [1.807, 2.05) is 0 Å². The van der Waals surface area contributed by atoms with Crippen LogP contribution in [0.2, 0.25) is 0 Å². The molecule has 1 N–H and O–H groups in total. The minimum atomic E-state index is -0.783. The maximum Gasteiger partial charge on any atom is 0.287 e. The van der Waals surface area contributed by atoms with E-state index >= 15 is 0 Å². The molecular weight excluding hydrogens is 368 g/mol. The van der Waals surface area contributed by atoms with Gasteiger partial charge in [-0.1, -0.05) is 0 Å². The molecule has 0 aliphatic carbocycles. The SMILES string of the molecule is COc1ccc(OC)c([C@@H](C)NC(=O)Cn2cc([N+](=O)[O-])cc(C#N)c2=O)c1. The number of ether oxygens (including phenoxy) is 2. The third kappa shape index (κ3) is 4.45. The van der Waals surface area contributed by atoms with E-state index in [9.17, 15) is 19.7 Å². The van der Waals surface area contributed by atoms with E-state index in [1.165, 1.54) is 14.2 Å². The van der Waals surface area contributed by atoms with Crippen molar-refractivity contribution >= 4 is 11.6 Å². The number of nitro groups is 1. The van der Waals surface area contributed by atoms with Crippen molar-refractivity contribution in [3.05, 3.63) is 62.1 Å². The standard InChI is InChI=1S/C18H18N4O6/c1-11(15-7-14(27-2)4-5-16(15)28-3)20-17(23)10-21-9-13(22(25)26)6-12(8-19)18(21)24/h4-7,9,11H,10H2,1-3H3,(H,20,23)/t11-/m1/s1. The van der Waals surface area contributed by atoms with Gasteiger partial charge in [0.1, 0.15) is 29.7 Å². The van der Waals surface area contributed by atoms with Crippen LogP contribution in [0, 0.1) is 21.4 Å². The van der Waals surface area contributed by atoms with Gasteiger partial charge in [-0.2, -0.15) is 5.26 Å². The van der Waals surface area contributed by atoms with Crippen molar-refractivity contribution in [2.45, 2.75) is 19.5 Å². The Morgan fingerprint density at radius 1 is 1.36 bits per heavy atom. The van der Waals surface area contributed by atoms with E-state index < -0.39 is 40.2 Å². The van der Waals surface area contributed by atoms with Crippen LogP contribution in [0.3, 0.4) is 0 Å². The predicted octanol–water partition coefficient (Wildman–Crippen LogP) is 1.52. The second-order valence-electron chi connectivity index (χ2n) is 5.81. The number of methoxy groups -OCH3 is 2. The van der Waals surface area contributed by atoms with Crippen LogP contribution in [0.25, 0.3) is 0 Å². The van der Waals surface area contributed by atoms with Crippen LogP contribution >= 0.6 is 0 Å². The summed E-state index contributed by atoms with van der Waals surface area (Å²) < 4.78 is 11.3. The van der Waals surface area contributed by atoms with Crippen LogP contribution in [0.5, 0.6) is 11.5 Å². The molecule has 2 rings (SSSR count). The van der Waals surface area contributed by atoms with Gasteiger partial charge in [-0.05, 0) is 25.1 Å². The van der Waals surface area contributed by atoms with Gasteiger partial charge in [0.2, 0.25) is 5.91 Å². The Hall–Kier alpha value is -3.87. The minimum Gasteiger partial charge on any atom is -0.497 e. The molecule has 1 aromatic carbocycles. The van der Waals surface area contributed by atoms with Gasteiger partial charge in [0.15, 0.2) is 0 Å². The summed E-state index contributed by atoms with van der Waals surface area (Å²) in [4.78, 5) is 34.8. The fourth-order valence-electron chi connectivity index (χ4n) is 2.61. The molecule has 1 atom stereocenters. The summed E-state index contributed by atoms with van der Waals surface area (Å²) in [5.41, 5.74) is -0.995. The van der Waals surface area contributed by atoms with Gasteiger partial charge in [-0.3, -0.25) is 24.3 Å². The van der Waals surface area contributed by atoms with Crippen molar-refractivity contribution < 1.29 is 19.2 Å². The average Bonchev–Trinajstić information content (AvgIpc) is 2.68. The van der Waals surface area contributed by atoms with Gasteiger partial charge in [0, 0.05) is 11.6 Å². The Bertz CT molecular complexity index is 1010. The van der Waals surface area contributed by atoms with Gasteiger partial charge in [0.05, 0.1) is 31.4 Å². The van der Waals surface area contributed by atoms with E-state index in [0.29, 0.717) is 17.1 Å². The Morgan fingerprint density at radius 3 is 2.64 bits per heavy atom. The topological polar surface area (TPSA) is 136 Å². The number of pyridine rings is 1. The molecular formula is C18H18N4O6. The molecule has 0 bridgehead atoms. The number of nitriles is 1. The van der Waals surface area contributed by atoms with Gasteiger partial charge in [-0.25, -0.2) is 0 Å². The third-order valence-electron chi connectivity index (χ3n) is 4.00. The Kier molecular flexibility index (Phi) is 6.34. The molecule has 0 radical (unpaired) electrons. The Morgan fingerprint density at radius 2 is 2.07 bits per heavy atom. The number of rotatable bonds is 7. The number of hydrogen-bond donors (Lipinski definition) is 1. The van der Waals surface area contributed by atoms with Crippen LogP contribution in [-0.2, 0) is 11.3 Å². The lowest BCUT2D eigenvalue weighted by molar-refractivity contribution is -0.385. The number of nitrogens with zero attached hydrogens (tertiary/aromatic N) is 3. The van der Waals surface area contributed by atoms with Crippen LogP contribution in [-0.4, -0.2) is 29.6 Å². The lowest BCUT2D eigenvalue weighted by Gasteiger charge is -2.18. The number of aromatic nitrogens is 1. The molecule has 0 saturated heterocycles. The largest absolute Gasteiger partial charge is 0.497 e. The maximum absolute atomic E-state index is 12.4. The second kappa shape index (κ2) is 8.68. The van der Waals surface area contributed by atoms with Crippen LogP contribution in [0.1, 0.15) is 24.1 Å². The van der Waals surface area contributed by atoms with E-state index in [4.69, 9.17) is 14.7 Å². The number of amides is 1. The summed E-state index contributed by atoms with van der Waals surface area (Å²) in [5.74, 6) is 0.544. The van der Waals surface area contributed by atoms with Gasteiger partial charge >= 0.3 is 0 Å². The van der Waals surface area contributed by atoms with E-state index in [2.05, 4.69) is 5.32 Å². The summed E-state index contributed by atoms with van der Waals surface area (Å²) in [5, 5.41) is 22.6. The first kappa shape index (κ1) is 20.4. The van der Waals surface area contributed by atoms with Crippen molar-refractivity contribution in [2.24, 2.45) is 0 Å². The Labute approximate surface area is 160 Å². The highest BCUT2D eigenvalue weighted by atomic mass is 16.6. The molecule has 0 aliphatic rings.